The maximum absolute atomic E-state index is 12.1. The van der Waals surface area contributed by atoms with Gasteiger partial charge in [0.25, 0.3) is 11.8 Å². The van der Waals surface area contributed by atoms with E-state index < -0.39 is 24.5 Å². The first-order valence-electron chi connectivity index (χ1n) is 6.35. The zero-order chi connectivity index (χ0) is 15.9. The Morgan fingerprint density at radius 1 is 1.36 bits per heavy atom. The third kappa shape index (κ3) is 3.79. The molecule has 0 aliphatic carbocycles. The van der Waals surface area contributed by atoms with E-state index in [0.29, 0.717) is 11.3 Å². The monoisotopic (exact) mass is 305 g/mol. The Balaban J connectivity index is 2.02. The minimum atomic E-state index is -1.11. The molecule has 2 aromatic rings. The molecule has 2 rings (SSSR count). The number of aliphatic hydroxyl groups excluding tert-OH is 1. The van der Waals surface area contributed by atoms with Crippen molar-refractivity contribution in [1.82, 2.24) is 20.2 Å². The molecular weight excluding hydrogens is 290 g/mol. The molecule has 0 aliphatic rings. The van der Waals surface area contributed by atoms with E-state index in [1.54, 1.807) is 18.2 Å². The Labute approximate surface area is 125 Å². The van der Waals surface area contributed by atoms with E-state index in [1.807, 2.05) is 0 Å². The number of carbonyl (C=O) groups excluding carboxylic acids is 2. The molecule has 0 radical (unpaired) electrons. The van der Waals surface area contributed by atoms with Crippen LogP contribution in [0, 0.1) is 0 Å². The Morgan fingerprint density at radius 3 is 2.73 bits per heavy atom. The lowest BCUT2D eigenvalue weighted by Gasteiger charge is -2.16. The van der Waals surface area contributed by atoms with Gasteiger partial charge in [0.2, 0.25) is 0 Å². The summed E-state index contributed by atoms with van der Waals surface area (Å²) >= 11 is 0. The van der Waals surface area contributed by atoms with Gasteiger partial charge in [0.15, 0.2) is 0 Å². The number of aliphatic hydroxyl groups is 1. The minimum absolute atomic E-state index is 0.315. The van der Waals surface area contributed by atoms with Crippen LogP contribution in [-0.2, 0) is 4.79 Å². The van der Waals surface area contributed by atoms with Crippen LogP contribution in [0.2, 0.25) is 0 Å². The van der Waals surface area contributed by atoms with Gasteiger partial charge in [-0.3, -0.25) is 15.0 Å². The van der Waals surface area contributed by atoms with Gasteiger partial charge in [-0.05, 0) is 18.2 Å². The summed E-state index contributed by atoms with van der Waals surface area (Å²) in [4.78, 5) is 24.0. The molecule has 1 atom stereocenters. The second-order valence-electron chi connectivity index (χ2n) is 4.29. The fourth-order valence-corrected chi connectivity index (χ4v) is 1.66. The van der Waals surface area contributed by atoms with Crippen molar-refractivity contribution in [2.45, 2.75) is 6.04 Å². The number of aromatic nitrogens is 3. The van der Waals surface area contributed by atoms with Crippen LogP contribution in [0.5, 0.6) is 5.75 Å². The van der Waals surface area contributed by atoms with Gasteiger partial charge in [-0.2, -0.15) is 0 Å². The SMILES string of the molecule is COc1cccc(C(=O)NC(CO)C(=O)Nn2cnnc2)c1. The first-order valence-corrected chi connectivity index (χ1v) is 6.35. The number of methoxy groups -OCH3 is 1. The molecule has 0 fully saturated rings. The molecule has 0 aliphatic heterocycles. The summed E-state index contributed by atoms with van der Waals surface area (Å²) in [6, 6.07) is 5.34. The Bertz CT molecular complexity index is 644. The van der Waals surface area contributed by atoms with E-state index in [9.17, 15) is 14.7 Å². The lowest BCUT2D eigenvalue weighted by Crippen LogP contribution is -2.47. The number of hydrogen-bond donors (Lipinski definition) is 3. The standard InChI is InChI=1S/C13H15N5O4/c1-22-10-4-2-3-9(5-10)12(20)16-11(6-19)13(21)17-18-7-14-15-8-18/h2-5,7-8,11,19H,6H2,1H3,(H,16,20)(H,17,21). The Morgan fingerprint density at radius 2 is 2.09 bits per heavy atom. The van der Waals surface area contributed by atoms with Crippen LogP contribution < -0.4 is 15.5 Å². The molecule has 1 aromatic heterocycles. The van der Waals surface area contributed by atoms with E-state index in [2.05, 4.69) is 20.9 Å². The molecule has 0 saturated heterocycles. The lowest BCUT2D eigenvalue weighted by molar-refractivity contribution is -0.119. The highest BCUT2D eigenvalue weighted by Gasteiger charge is 2.21. The molecular formula is C13H15N5O4. The van der Waals surface area contributed by atoms with Gasteiger partial charge < -0.3 is 15.2 Å². The van der Waals surface area contributed by atoms with Crippen molar-refractivity contribution in [2.75, 3.05) is 19.1 Å². The van der Waals surface area contributed by atoms with Crippen LogP contribution in [0.4, 0.5) is 0 Å². The Hall–Kier alpha value is -2.94. The molecule has 1 aromatic carbocycles. The molecule has 22 heavy (non-hydrogen) atoms. The number of carbonyl (C=O) groups is 2. The van der Waals surface area contributed by atoms with E-state index in [1.165, 1.54) is 30.5 Å². The summed E-state index contributed by atoms with van der Waals surface area (Å²) in [5.41, 5.74) is 2.72. The summed E-state index contributed by atoms with van der Waals surface area (Å²) < 4.78 is 6.24. The van der Waals surface area contributed by atoms with Gasteiger partial charge in [-0.25, -0.2) is 4.68 Å². The summed E-state index contributed by atoms with van der Waals surface area (Å²) in [7, 11) is 1.49. The van der Waals surface area contributed by atoms with Gasteiger partial charge in [-0.1, -0.05) is 6.07 Å². The number of amides is 2. The second-order valence-corrected chi connectivity index (χ2v) is 4.29. The third-order valence-corrected chi connectivity index (χ3v) is 2.79. The van der Waals surface area contributed by atoms with E-state index in [-0.39, 0.29) is 0 Å². The molecule has 1 unspecified atom stereocenters. The van der Waals surface area contributed by atoms with Crippen LogP contribution in [0.1, 0.15) is 10.4 Å². The van der Waals surface area contributed by atoms with Gasteiger partial charge in [-0.15, -0.1) is 10.2 Å². The summed E-state index contributed by atoms with van der Waals surface area (Å²) in [5.74, 6) is -0.586. The number of nitrogens with zero attached hydrogens (tertiary/aromatic N) is 3. The average Bonchev–Trinajstić information content (AvgIpc) is 3.05. The van der Waals surface area contributed by atoms with Crippen LogP contribution in [0.3, 0.4) is 0 Å². The van der Waals surface area contributed by atoms with Crippen LogP contribution in [0.15, 0.2) is 36.9 Å². The maximum Gasteiger partial charge on any atom is 0.263 e. The summed E-state index contributed by atoms with van der Waals surface area (Å²) in [5, 5.41) is 18.8. The normalized spacial score (nSPS) is 11.5. The molecule has 9 nitrogen and oxygen atoms in total. The number of ether oxygens (including phenoxy) is 1. The second kappa shape index (κ2) is 7.18. The molecule has 0 bridgehead atoms. The molecule has 2 amide bonds. The highest BCUT2D eigenvalue weighted by molar-refractivity contribution is 5.99. The highest BCUT2D eigenvalue weighted by Crippen LogP contribution is 2.12. The molecule has 3 N–H and O–H groups in total. The van der Waals surface area contributed by atoms with Crippen molar-refractivity contribution < 1.29 is 19.4 Å². The van der Waals surface area contributed by atoms with Gasteiger partial charge in [0, 0.05) is 5.56 Å². The maximum atomic E-state index is 12.1. The minimum Gasteiger partial charge on any atom is -0.497 e. The topological polar surface area (TPSA) is 118 Å². The van der Waals surface area contributed by atoms with Gasteiger partial charge in [0.05, 0.1) is 13.7 Å². The zero-order valence-corrected chi connectivity index (χ0v) is 11.8. The lowest BCUT2D eigenvalue weighted by atomic mass is 10.2. The smallest absolute Gasteiger partial charge is 0.263 e. The van der Waals surface area contributed by atoms with Crippen LogP contribution in [-0.4, -0.2) is 51.6 Å². The largest absolute Gasteiger partial charge is 0.497 e. The predicted octanol–water partition coefficient (Wildman–Crippen LogP) is -0.852. The van der Waals surface area contributed by atoms with Crippen LogP contribution in [0.25, 0.3) is 0 Å². The van der Waals surface area contributed by atoms with Gasteiger partial charge >= 0.3 is 0 Å². The number of hydrogen-bond acceptors (Lipinski definition) is 6. The van der Waals surface area contributed by atoms with Crippen molar-refractivity contribution in [3.8, 4) is 5.75 Å². The van der Waals surface area contributed by atoms with E-state index in [4.69, 9.17) is 4.74 Å². The summed E-state index contributed by atoms with van der Waals surface area (Å²) in [6.45, 7) is -0.552. The van der Waals surface area contributed by atoms with E-state index >= 15 is 0 Å². The Kier molecular flexibility index (Phi) is 5.04. The first kappa shape index (κ1) is 15.4. The average molecular weight is 305 g/mol. The first-order chi connectivity index (χ1) is 10.6. The van der Waals surface area contributed by atoms with Crippen molar-refractivity contribution in [3.05, 3.63) is 42.5 Å². The highest BCUT2D eigenvalue weighted by atomic mass is 16.5. The van der Waals surface area contributed by atoms with E-state index in [0.717, 1.165) is 0 Å². The molecule has 116 valence electrons. The fourth-order valence-electron chi connectivity index (χ4n) is 1.66. The number of benzene rings is 1. The quantitative estimate of drug-likeness (QED) is 0.639. The predicted molar refractivity (Wildman–Crippen MR) is 75.7 cm³/mol. The van der Waals surface area contributed by atoms with Gasteiger partial charge in [0.1, 0.15) is 24.4 Å². The van der Waals surface area contributed by atoms with Crippen molar-refractivity contribution in [1.29, 1.82) is 0 Å². The molecule has 9 heteroatoms. The summed E-state index contributed by atoms with van der Waals surface area (Å²) in [6.07, 6.45) is 2.55. The molecule has 0 saturated carbocycles. The van der Waals surface area contributed by atoms with Crippen molar-refractivity contribution >= 4 is 11.8 Å². The zero-order valence-electron chi connectivity index (χ0n) is 11.8. The molecule has 0 spiro atoms. The number of rotatable bonds is 6. The van der Waals surface area contributed by atoms with Crippen molar-refractivity contribution in [3.63, 3.8) is 0 Å². The fraction of sp³-hybridized carbons (Fsp3) is 0.231. The van der Waals surface area contributed by atoms with Crippen molar-refractivity contribution in [2.24, 2.45) is 0 Å². The van der Waals surface area contributed by atoms with Crippen LogP contribution >= 0.6 is 0 Å². The molecule has 1 heterocycles. The third-order valence-electron chi connectivity index (χ3n) is 2.79. The number of nitrogens with one attached hydrogen (secondary N) is 2.